The molecule has 1 aliphatic carbocycles. The third kappa shape index (κ3) is 9.01. The Hall–Kier alpha value is -4.91. The number of ether oxygens (including phenoxy) is 2. The number of halogens is 1. The van der Waals surface area contributed by atoms with Crippen molar-refractivity contribution in [3.8, 4) is 0 Å². The van der Waals surface area contributed by atoms with Gasteiger partial charge in [-0.3, -0.25) is 9.59 Å². The van der Waals surface area contributed by atoms with E-state index in [-0.39, 0.29) is 49.6 Å². The Morgan fingerprint density at radius 1 is 1.02 bits per heavy atom. The van der Waals surface area contributed by atoms with E-state index in [9.17, 15) is 19.2 Å². The summed E-state index contributed by atoms with van der Waals surface area (Å²) < 4.78 is 16.2. The number of aromatic nitrogens is 3. The van der Waals surface area contributed by atoms with Crippen molar-refractivity contribution in [3.05, 3.63) is 81.6 Å². The summed E-state index contributed by atoms with van der Waals surface area (Å²) in [6.07, 6.45) is 1.86. The van der Waals surface area contributed by atoms with Gasteiger partial charge >= 0.3 is 12.1 Å². The summed E-state index contributed by atoms with van der Waals surface area (Å²) in [5.41, 5.74) is 2.84. The first-order valence-corrected chi connectivity index (χ1v) is 18.7. The third-order valence-electron chi connectivity index (χ3n) is 10.1. The topological polar surface area (TPSA) is 178 Å². The minimum atomic E-state index is -1.47. The standard InChI is InChI=1S/C39H49ClN6O7/c1-7-17-51-36(48)33-44-35(53-46-33)31(24(6)9-3)42-37(49)39(16-15-29-27(20-39)26-18-22(4)19-28(40)32(26)41-29)45-34(47)30(23(5)8-2)43-38(50)52-21-25-13-11-10-12-14-25/h10-14,18-19,23-24,30-31,41H,7-9,15-17,20-21H2,1-6H3,(H,42,49)(H,43,50)(H,45,47)/t23?,24?,30-,31-,39-/m0/s1. The smallest absolute Gasteiger partial charge is 0.408 e. The number of carbonyl (C=O) groups excluding carboxylic acids is 4. The van der Waals surface area contributed by atoms with Crippen LogP contribution in [0.1, 0.15) is 105 Å². The number of nitrogens with one attached hydrogen (secondary N) is 4. The lowest BCUT2D eigenvalue weighted by Crippen LogP contribution is -2.65. The van der Waals surface area contributed by atoms with E-state index in [1.165, 1.54) is 0 Å². The molecular formula is C39H49ClN6O7. The number of esters is 1. The molecule has 2 unspecified atom stereocenters. The molecule has 5 rings (SSSR count). The van der Waals surface area contributed by atoms with Crippen molar-refractivity contribution in [1.29, 1.82) is 0 Å². The van der Waals surface area contributed by atoms with Gasteiger partial charge in [0, 0.05) is 17.5 Å². The fraction of sp³-hybridized carbons (Fsp3) is 0.487. The molecule has 2 aromatic carbocycles. The van der Waals surface area contributed by atoms with E-state index < -0.39 is 41.5 Å². The van der Waals surface area contributed by atoms with Crippen molar-refractivity contribution >= 4 is 46.4 Å². The predicted molar refractivity (Wildman–Crippen MR) is 199 cm³/mol. The van der Waals surface area contributed by atoms with Crippen LogP contribution >= 0.6 is 11.6 Å². The van der Waals surface area contributed by atoms with Crippen LogP contribution in [0.4, 0.5) is 4.79 Å². The number of benzene rings is 2. The van der Waals surface area contributed by atoms with Crippen LogP contribution in [0.2, 0.25) is 5.02 Å². The van der Waals surface area contributed by atoms with Gasteiger partial charge in [-0.15, -0.1) is 0 Å². The maximum atomic E-state index is 14.8. The van der Waals surface area contributed by atoms with Crippen molar-refractivity contribution < 1.29 is 33.2 Å². The number of fused-ring (bicyclic) bond motifs is 3. The van der Waals surface area contributed by atoms with Gasteiger partial charge in [-0.1, -0.05) is 89.4 Å². The fourth-order valence-electron chi connectivity index (χ4n) is 6.57. The zero-order chi connectivity index (χ0) is 38.3. The molecule has 4 aromatic rings. The summed E-state index contributed by atoms with van der Waals surface area (Å²) in [5.74, 6) is -2.42. The second kappa shape index (κ2) is 17.3. The largest absolute Gasteiger partial charge is 0.460 e. The number of nitrogens with zero attached hydrogens (tertiary/aromatic N) is 2. The molecule has 0 bridgehead atoms. The van der Waals surface area contributed by atoms with E-state index in [4.69, 9.17) is 25.6 Å². The molecule has 2 heterocycles. The van der Waals surface area contributed by atoms with E-state index in [1.807, 2.05) is 84.0 Å². The van der Waals surface area contributed by atoms with Crippen molar-refractivity contribution in [2.24, 2.45) is 11.8 Å². The third-order valence-corrected chi connectivity index (χ3v) is 10.4. The second-order valence-electron chi connectivity index (χ2n) is 14.0. The first-order valence-electron chi connectivity index (χ1n) is 18.3. The average Bonchev–Trinajstić information content (AvgIpc) is 3.79. The number of hydrogen-bond donors (Lipinski definition) is 4. The maximum absolute atomic E-state index is 14.8. The van der Waals surface area contributed by atoms with Gasteiger partial charge in [0.25, 0.3) is 5.82 Å². The molecular weight excluding hydrogens is 700 g/mol. The van der Waals surface area contributed by atoms with Crippen molar-refractivity contribution in [2.75, 3.05) is 6.61 Å². The van der Waals surface area contributed by atoms with Gasteiger partial charge in [-0.25, -0.2) is 9.59 Å². The molecule has 1 aliphatic rings. The highest BCUT2D eigenvalue weighted by atomic mass is 35.5. The molecule has 53 heavy (non-hydrogen) atoms. The number of aromatic amines is 1. The van der Waals surface area contributed by atoms with Crippen molar-refractivity contribution in [3.63, 3.8) is 0 Å². The minimum Gasteiger partial charge on any atom is -0.460 e. The van der Waals surface area contributed by atoms with Crippen LogP contribution < -0.4 is 16.0 Å². The van der Waals surface area contributed by atoms with Crippen LogP contribution in [0.3, 0.4) is 0 Å². The summed E-state index contributed by atoms with van der Waals surface area (Å²) >= 11 is 6.66. The Kier molecular flexibility index (Phi) is 12.8. The molecule has 0 spiro atoms. The van der Waals surface area contributed by atoms with Crippen LogP contribution in [0.5, 0.6) is 0 Å². The SMILES string of the molecule is CCCOC(=O)c1noc([C@@H](NC(=O)[C@]2(NC(=O)[C@@H](NC(=O)OCc3ccccc3)C(C)CC)CCc3[nH]c4c(Cl)cc(C)cc4c3C2)C(C)CC)n1. The first kappa shape index (κ1) is 39.3. The number of aryl methyl sites for hydroxylation is 2. The monoisotopic (exact) mass is 748 g/mol. The van der Waals surface area contributed by atoms with Crippen LogP contribution in [0.25, 0.3) is 10.9 Å². The molecule has 2 aromatic heterocycles. The molecule has 284 valence electrons. The average molecular weight is 749 g/mol. The molecule has 0 aliphatic heterocycles. The van der Waals surface area contributed by atoms with Gasteiger partial charge in [0.1, 0.15) is 24.2 Å². The van der Waals surface area contributed by atoms with Crippen LogP contribution in [-0.2, 0) is 38.5 Å². The summed E-state index contributed by atoms with van der Waals surface area (Å²) in [6, 6.07) is 11.3. The Morgan fingerprint density at radius 2 is 1.75 bits per heavy atom. The lowest BCUT2D eigenvalue weighted by Gasteiger charge is -2.39. The molecule has 13 nitrogen and oxygen atoms in total. The van der Waals surface area contributed by atoms with Gasteiger partial charge in [0.05, 0.1) is 17.1 Å². The fourth-order valence-corrected chi connectivity index (χ4v) is 6.89. The van der Waals surface area contributed by atoms with Crippen molar-refractivity contribution in [1.82, 2.24) is 31.1 Å². The van der Waals surface area contributed by atoms with E-state index >= 15 is 0 Å². The Labute approximate surface area is 314 Å². The summed E-state index contributed by atoms with van der Waals surface area (Å²) in [7, 11) is 0. The zero-order valence-electron chi connectivity index (χ0n) is 31.1. The molecule has 14 heteroatoms. The number of H-pyrrole nitrogens is 1. The van der Waals surface area contributed by atoms with Gasteiger partial charge in [-0.2, -0.15) is 4.98 Å². The lowest BCUT2D eigenvalue weighted by atomic mass is 9.78. The Morgan fingerprint density at radius 3 is 2.45 bits per heavy atom. The molecule has 3 amide bonds. The van der Waals surface area contributed by atoms with Gasteiger partial charge in [0.2, 0.25) is 17.7 Å². The Balaban J connectivity index is 1.48. The first-order chi connectivity index (χ1) is 25.4. The number of carbonyl (C=O) groups is 4. The zero-order valence-corrected chi connectivity index (χ0v) is 31.9. The molecule has 5 atom stereocenters. The molecule has 4 N–H and O–H groups in total. The van der Waals surface area contributed by atoms with E-state index in [0.29, 0.717) is 30.7 Å². The minimum absolute atomic E-state index is 0.0316. The van der Waals surface area contributed by atoms with Crippen LogP contribution in [0, 0.1) is 18.8 Å². The molecule has 0 saturated carbocycles. The molecule has 0 fully saturated rings. The highest BCUT2D eigenvalue weighted by Crippen LogP contribution is 2.38. The number of hydrogen-bond acceptors (Lipinski definition) is 9. The number of amides is 3. The normalized spacial score (nSPS) is 17.6. The summed E-state index contributed by atoms with van der Waals surface area (Å²) in [5, 5.41) is 14.2. The number of rotatable bonds is 15. The van der Waals surface area contributed by atoms with Crippen LogP contribution in [0.15, 0.2) is 47.0 Å². The highest BCUT2D eigenvalue weighted by Gasteiger charge is 2.47. The van der Waals surface area contributed by atoms with Crippen LogP contribution in [-0.4, -0.2) is 57.2 Å². The van der Waals surface area contributed by atoms with Gasteiger partial charge in [0.15, 0.2) is 0 Å². The van der Waals surface area contributed by atoms with Gasteiger partial charge < -0.3 is 34.9 Å². The van der Waals surface area contributed by atoms with E-state index in [2.05, 4.69) is 31.1 Å². The van der Waals surface area contributed by atoms with E-state index in [1.54, 1.807) is 0 Å². The predicted octanol–water partition coefficient (Wildman–Crippen LogP) is 6.67. The summed E-state index contributed by atoms with van der Waals surface area (Å²) in [4.78, 5) is 62.5. The Bertz CT molecular complexity index is 1930. The maximum Gasteiger partial charge on any atom is 0.408 e. The van der Waals surface area contributed by atoms with Crippen molar-refractivity contribution in [2.45, 2.75) is 104 Å². The van der Waals surface area contributed by atoms with E-state index in [0.717, 1.165) is 33.3 Å². The second-order valence-corrected chi connectivity index (χ2v) is 14.4. The van der Waals surface area contributed by atoms with Gasteiger partial charge in [-0.05, 0) is 72.0 Å². The quantitative estimate of drug-likeness (QED) is 0.0967. The summed E-state index contributed by atoms with van der Waals surface area (Å²) in [6.45, 7) is 11.7. The highest BCUT2D eigenvalue weighted by molar-refractivity contribution is 6.35. The molecule has 0 radical (unpaired) electrons. The lowest BCUT2D eigenvalue weighted by molar-refractivity contribution is -0.136. The number of alkyl carbamates (subject to hydrolysis) is 1. The molecule has 0 saturated heterocycles.